The van der Waals surface area contributed by atoms with Crippen LogP contribution in [-0.2, 0) is 27.7 Å². The number of amides is 1. The van der Waals surface area contributed by atoms with Crippen molar-refractivity contribution < 1.29 is 13.2 Å². The fourth-order valence-electron chi connectivity index (χ4n) is 5.31. The van der Waals surface area contributed by atoms with Crippen LogP contribution in [0.1, 0.15) is 55.2 Å². The van der Waals surface area contributed by atoms with Gasteiger partial charge in [-0.05, 0) is 88.0 Å². The first kappa shape index (κ1) is 37.3. The maximum atomic E-state index is 13.5. The number of carbonyl (C=O) groups is 1. The standard InChI is InChI=1S/C30H38N4O3S.C4H6.C3H6/c1-34(2)29(16-8-9-20-32-38(36,37)25-13-4-3-5-14-25)30(35)33-28-18-17-24-12-6-7-15-26(24)27(28)21-23-11-10-19-31-22-23;1-3-4-2;1-3-2/h3-7,10-15,19,22,27-29,32H,8-9,16-18,20-21H2,1-2H3,(H,33,35);3-4H,1-2H2;3H,1H2,2H3. The quantitative estimate of drug-likeness (QED) is 0.128. The number of aryl methyl sites for hydroxylation is 1. The van der Waals surface area contributed by atoms with Gasteiger partial charge in [0, 0.05) is 30.9 Å². The fourth-order valence-corrected chi connectivity index (χ4v) is 6.40. The Kier molecular flexibility index (Phi) is 16.8. The zero-order valence-corrected chi connectivity index (χ0v) is 27.9. The summed E-state index contributed by atoms with van der Waals surface area (Å²) in [6.07, 6.45) is 13.4. The molecule has 4 rings (SSSR count). The number of allylic oxidation sites excluding steroid dienone is 3. The molecule has 8 heteroatoms. The molecule has 3 atom stereocenters. The third-order valence-electron chi connectivity index (χ3n) is 7.51. The molecule has 1 aliphatic rings. The normalized spacial score (nSPS) is 16.0. The largest absolute Gasteiger partial charge is 0.351 e. The van der Waals surface area contributed by atoms with Gasteiger partial charge in [0.1, 0.15) is 0 Å². The number of nitrogens with one attached hydrogen (secondary N) is 2. The Bertz CT molecular complexity index is 1420. The highest BCUT2D eigenvalue weighted by Gasteiger charge is 2.32. The van der Waals surface area contributed by atoms with Gasteiger partial charge >= 0.3 is 0 Å². The first-order valence-corrected chi connectivity index (χ1v) is 17.0. The molecular formula is C37H50N4O3S. The molecule has 0 bridgehead atoms. The molecule has 2 aromatic carbocycles. The molecule has 1 heterocycles. The number of benzene rings is 2. The SMILES string of the molecule is C=CC.C=CC=C.CN(C)C(CCCCNS(=O)(=O)c1ccccc1)C(=O)NC1CCc2ccccc2C1Cc1cccnc1. The van der Waals surface area contributed by atoms with Crippen LogP contribution >= 0.6 is 0 Å². The van der Waals surface area contributed by atoms with E-state index in [0.29, 0.717) is 19.4 Å². The van der Waals surface area contributed by atoms with E-state index >= 15 is 0 Å². The second-order valence-corrected chi connectivity index (χ2v) is 12.9. The van der Waals surface area contributed by atoms with Gasteiger partial charge in [-0.2, -0.15) is 0 Å². The van der Waals surface area contributed by atoms with Gasteiger partial charge in [0.2, 0.25) is 15.9 Å². The molecule has 45 heavy (non-hydrogen) atoms. The van der Waals surface area contributed by atoms with Crippen molar-refractivity contribution >= 4 is 15.9 Å². The Hall–Kier alpha value is -3.85. The van der Waals surface area contributed by atoms with Crippen LogP contribution in [0.25, 0.3) is 0 Å². The van der Waals surface area contributed by atoms with E-state index in [4.69, 9.17) is 0 Å². The van der Waals surface area contributed by atoms with Crippen LogP contribution < -0.4 is 10.0 Å². The number of hydrogen-bond donors (Lipinski definition) is 2. The van der Waals surface area contributed by atoms with Crippen molar-refractivity contribution in [2.24, 2.45) is 0 Å². The van der Waals surface area contributed by atoms with Gasteiger partial charge in [0.15, 0.2) is 0 Å². The lowest BCUT2D eigenvalue weighted by Crippen LogP contribution is -2.50. The monoisotopic (exact) mass is 630 g/mol. The summed E-state index contributed by atoms with van der Waals surface area (Å²) in [6, 6.07) is 20.7. The number of unbranched alkanes of at least 4 members (excludes halogenated alkanes) is 1. The summed E-state index contributed by atoms with van der Waals surface area (Å²) in [5, 5.41) is 3.39. The smallest absolute Gasteiger partial charge is 0.240 e. The molecule has 1 amide bonds. The van der Waals surface area contributed by atoms with E-state index in [0.717, 1.165) is 31.2 Å². The van der Waals surface area contributed by atoms with E-state index in [2.05, 4.69) is 65.1 Å². The number of aromatic nitrogens is 1. The van der Waals surface area contributed by atoms with Crippen molar-refractivity contribution in [3.05, 3.63) is 134 Å². The van der Waals surface area contributed by atoms with Gasteiger partial charge in [0.05, 0.1) is 10.9 Å². The number of carbonyl (C=O) groups excluding carboxylic acids is 1. The summed E-state index contributed by atoms with van der Waals surface area (Å²) in [7, 11) is 0.331. The number of rotatable bonds is 13. The average Bonchev–Trinajstić information content (AvgIpc) is 3.05. The summed E-state index contributed by atoms with van der Waals surface area (Å²) in [4.78, 5) is 20.0. The molecular weight excluding hydrogens is 580 g/mol. The lowest BCUT2D eigenvalue weighted by molar-refractivity contribution is -0.126. The zero-order chi connectivity index (χ0) is 33.1. The fraction of sp³-hybridized carbons (Fsp3) is 0.351. The van der Waals surface area contributed by atoms with Gasteiger partial charge in [-0.3, -0.25) is 14.7 Å². The molecule has 0 spiro atoms. The van der Waals surface area contributed by atoms with Crippen molar-refractivity contribution in [3.63, 3.8) is 0 Å². The van der Waals surface area contributed by atoms with Crippen LogP contribution in [0.4, 0.5) is 0 Å². The topological polar surface area (TPSA) is 91.4 Å². The molecule has 2 N–H and O–H groups in total. The minimum Gasteiger partial charge on any atom is -0.351 e. The van der Waals surface area contributed by atoms with Crippen LogP contribution in [0, 0.1) is 0 Å². The number of nitrogens with zero attached hydrogens (tertiary/aromatic N) is 2. The summed E-state index contributed by atoms with van der Waals surface area (Å²) in [5.41, 5.74) is 3.82. The van der Waals surface area contributed by atoms with Crippen molar-refractivity contribution in [3.8, 4) is 0 Å². The van der Waals surface area contributed by atoms with Gasteiger partial charge < -0.3 is 5.32 Å². The summed E-state index contributed by atoms with van der Waals surface area (Å²) in [5.74, 6) is 0.212. The first-order chi connectivity index (χ1) is 21.7. The van der Waals surface area contributed by atoms with E-state index in [1.807, 2.05) is 38.2 Å². The molecule has 3 unspecified atom stereocenters. The maximum Gasteiger partial charge on any atom is 0.240 e. The van der Waals surface area contributed by atoms with Gasteiger partial charge in [0.25, 0.3) is 0 Å². The molecule has 0 saturated heterocycles. The van der Waals surface area contributed by atoms with E-state index in [-0.39, 0.29) is 28.8 Å². The molecule has 0 radical (unpaired) electrons. The lowest BCUT2D eigenvalue weighted by Gasteiger charge is -2.36. The van der Waals surface area contributed by atoms with Crippen LogP contribution in [-0.4, -0.2) is 56.9 Å². The lowest BCUT2D eigenvalue weighted by atomic mass is 9.76. The van der Waals surface area contributed by atoms with E-state index in [9.17, 15) is 13.2 Å². The van der Waals surface area contributed by atoms with E-state index in [1.54, 1.807) is 54.8 Å². The number of hydrogen-bond acceptors (Lipinski definition) is 5. The van der Waals surface area contributed by atoms with Crippen LogP contribution in [0.15, 0.2) is 122 Å². The first-order valence-electron chi connectivity index (χ1n) is 15.5. The van der Waals surface area contributed by atoms with Crippen LogP contribution in [0.3, 0.4) is 0 Å². The highest BCUT2D eigenvalue weighted by molar-refractivity contribution is 7.89. The third kappa shape index (κ3) is 12.6. The second-order valence-electron chi connectivity index (χ2n) is 11.1. The molecule has 242 valence electrons. The molecule has 7 nitrogen and oxygen atoms in total. The number of likely N-dealkylation sites (N-methyl/N-ethyl adjacent to an activating group) is 1. The van der Waals surface area contributed by atoms with Crippen molar-refractivity contribution in [1.82, 2.24) is 19.9 Å². The third-order valence-corrected chi connectivity index (χ3v) is 8.99. The van der Waals surface area contributed by atoms with E-state index in [1.165, 1.54) is 11.1 Å². The number of sulfonamides is 1. The number of pyridine rings is 1. The molecule has 0 saturated carbocycles. The molecule has 1 aliphatic carbocycles. The molecule has 3 aromatic rings. The maximum absolute atomic E-state index is 13.5. The second kappa shape index (κ2) is 20.2. The molecule has 0 aliphatic heterocycles. The van der Waals surface area contributed by atoms with Gasteiger partial charge in [-0.15, -0.1) is 6.58 Å². The minimum absolute atomic E-state index is 0.0282. The molecule has 1 aromatic heterocycles. The predicted octanol–water partition coefficient (Wildman–Crippen LogP) is 6.47. The zero-order valence-electron chi connectivity index (χ0n) is 27.1. The predicted molar refractivity (Wildman–Crippen MR) is 187 cm³/mol. The Labute approximate surface area is 271 Å². The Morgan fingerprint density at radius 1 is 1.00 bits per heavy atom. The highest BCUT2D eigenvalue weighted by atomic mass is 32.2. The van der Waals surface area contributed by atoms with E-state index < -0.39 is 10.0 Å². The highest BCUT2D eigenvalue weighted by Crippen LogP contribution is 2.34. The summed E-state index contributed by atoms with van der Waals surface area (Å²) < 4.78 is 27.5. The van der Waals surface area contributed by atoms with Crippen molar-refractivity contribution in [2.75, 3.05) is 20.6 Å². The van der Waals surface area contributed by atoms with Crippen LogP contribution in [0.2, 0.25) is 0 Å². The Morgan fingerprint density at radius 2 is 1.67 bits per heavy atom. The summed E-state index contributed by atoms with van der Waals surface area (Å²) >= 11 is 0. The minimum atomic E-state index is -3.51. The summed E-state index contributed by atoms with van der Waals surface area (Å²) in [6.45, 7) is 12.3. The van der Waals surface area contributed by atoms with Gasteiger partial charge in [-0.1, -0.05) is 86.3 Å². The van der Waals surface area contributed by atoms with Gasteiger partial charge in [-0.25, -0.2) is 13.1 Å². The Balaban J connectivity index is 0.000000917. The number of fused-ring (bicyclic) bond motifs is 1. The van der Waals surface area contributed by atoms with Crippen molar-refractivity contribution in [1.29, 1.82) is 0 Å². The van der Waals surface area contributed by atoms with Crippen LogP contribution in [0.5, 0.6) is 0 Å². The Morgan fingerprint density at radius 3 is 2.29 bits per heavy atom. The van der Waals surface area contributed by atoms with Crippen molar-refractivity contribution in [2.45, 2.75) is 68.3 Å². The average molecular weight is 631 g/mol. The molecule has 0 fully saturated rings.